The zero-order valence-electron chi connectivity index (χ0n) is 19.5. The van der Waals surface area contributed by atoms with Gasteiger partial charge in [-0.1, -0.05) is 6.07 Å². The summed E-state index contributed by atoms with van der Waals surface area (Å²) in [6.45, 7) is 4.57. The highest BCUT2D eigenvalue weighted by atomic mass is 16.5. The molecule has 0 spiro atoms. The van der Waals surface area contributed by atoms with Gasteiger partial charge in [0, 0.05) is 46.6 Å². The number of phenolic OH excluding ortho intramolecular Hbond substituents is 1. The summed E-state index contributed by atoms with van der Waals surface area (Å²) in [7, 11) is 0. The zero-order chi connectivity index (χ0) is 24.1. The Hall–Kier alpha value is -4.22. The summed E-state index contributed by atoms with van der Waals surface area (Å²) in [5.74, 6) is 0.197. The van der Waals surface area contributed by atoms with Crippen molar-refractivity contribution in [3.63, 3.8) is 0 Å². The average Bonchev–Trinajstić information content (AvgIpc) is 3.51. The van der Waals surface area contributed by atoms with Crippen LogP contribution < -0.4 is 0 Å². The van der Waals surface area contributed by atoms with Gasteiger partial charge in [0.05, 0.1) is 11.8 Å². The molecule has 5 heterocycles. The molecule has 6 rings (SSSR count). The van der Waals surface area contributed by atoms with Gasteiger partial charge in [-0.25, -0.2) is 14.6 Å². The van der Waals surface area contributed by atoms with Crippen molar-refractivity contribution in [3.8, 4) is 34.2 Å². The molecule has 1 aromatic carbocycles. The number of hydrogen-bond donors (Lipinski definition) is 2. The number of ether oxygens (including phenoxy) is 1. The summed E-state index contributed by atoms with van der Waals surface area (Å²) in [5, 5.41) is 26.5. The molecule has 1 aliphatic rings. The second-order valence-electron chi connectivity index (χ2n) is 9.05. The van der Waals surface area contributed by atoms with Crippen molar-refractivity contribution in [2.24, 2.45) is 0 Å². The van der Waals surface area contributed by atoms with Gasteiger partial charge in [-0.05, 0) is 68.0 Å². The maximum atomic E-state index is 10.3. The third kappa shape index (κ3) is 3.44. The number of H-pyrrole nitrogens is 1. The fourth-order valence-corrected chi connectivity index (χ4v) is 5.01. The molecule has 174 valence electrons. The standard InChI is InChI=1S/C27H24N6O2/c1-15-6-7-23(34)16(2)25(15)21-14-29-26-19(20(21)11-28)10-22(32-26)17-9-18-13-31-33(27(18)30-12-17)24-5-3-4-8-35-24/h6-7,9-10,12-14,24,34H,3-5,8H2,1-2H3,(H,29,32). The van der Waals surface area contributed by atoms with Gasteiger partial charge in [0.2, 0.25) is 0 Å². The SMILES string of the molecule is Cc1ccc(O)c(C)c1-c1cnc2[nH]c(-c3cnc4c(cnn4C4CCCCO4)c3)cc2c1C#N. The molecular weight excluding hydrogens is 440 g/mol. The number of aromatic hydroxyl groups is 1. The Bertz CT molecular complexity index is 1640. The first-order valence-corrected chi connectivity index (χ1v) is 11.7. The topological polar surface area (TPSA) is 113 Å². The fraction of sp³-hybridized carbons (Fsp3) is 0.259. The summed E-state index contributed by atoms with van der Waals surface area (Å²) < 4.78 is 7.75. The van der Waals surface area contributed by atoms with Gasteiger partial charge in [-0.2, -0.15) is 10.4 Å². The minimum atomic E-state index is -0.0715. The predicted molar refractivity (Wildman–Crippen MR) is 133 cm³/mol. The number of aryl methyl sites for hydroxylation is 1. The van der Waals surface area contributed by atoms with E-state index < -0.39 is 0 Å². The van der Waals surface area contributed by atoms with Gasteiger partial charge in [0.1, 0.15) is 17.5 Å². The lowest BCUT2D eigenvalue weighted by Gasteiger charge is -2.22. The van der Waals surface area contributed by atoms with Crippen LogP contribution in [0.1, 0.15) is 42.2 Å². The Morgan fingerprint density at radius 2 is 2.03 bits per heavy atom. The van der Waals surface area contributed by atoms with Crippen molar-refractivity contribution in [2.75, 3.05) is 6.61 Å². The summed E-state index contributed by atoms with van der Waals surface area (Å²) in [5.41, 5.74) is 6.89. The molecule has 1 fully saturated rings. The highest BCUT2D eigenvalue weighted by Gasteiger charge is 2.21. The largest absolute Gasteiger partial charge is 0.508 e. The molecule has 8 nitrogen and oxygen atoms in total. The number of nitrogens with zero attached hydrogens (tertiary/aromatic N) is 5. The summed E-state index contributed by atoms with van der Waals surface area (Å²) in [6, 6.07) is 9.86. The summed E-state index contributed by atoms with van der Waals surface area (Å²) >= 11 is 0. The normalized spacial score (nSPS) is 16.1. The van der Waals surface area contributed by atoms with Crippen LogP contribution in [0.2, 0.25) is 0 Å². The first-order valence-electron chi connectivity index (χ1n) is 11.7. The third-order valence-electron chi connectivity index (χ3n) is 6.86. The van der Waals surface area contributed by atoms with E-state index >= 15 is 0 Å². The van der Waals surface area contributed by atoms with Crippen molar-refractivity contribution in [2.45, 2.75) is 39.3 Å². The number of aromatic amines is 1. The lowest BCUT2D eigenvalue weighted by molar-refractivity contribution is -0.0370. The zero-order valence-corrected chi connectivity index (χ0v) is 19.5. The molecule has 2 N–H and O–H groups in total. The molecule has 0 radical (unpaired) electrons. The lowest BCUT2D eigenvalue weighted by atomic mass is 9.92. The van der Waals surface area contributed by atoms with Crippen LogP contribution in [0.4, 0.5) is 0 Å². The molecular formula is C27H24N6O2. The maximum absolute atomic E-state index is 10.3. The van der Waals surface area contributed by atoms with E-state index in [9.17, 15) is 10.4 Å². The number of rotatable bonds is 3. The molecule has 0 bridgehead atoms. The Balaban J connectivity index is 1.44. The van der Waals surface area contributed by atoms with Crippen LogP contribution in [0.25, 0.3) is 44.5 Å². The number of pyridine rings is 2. The molecule has 1 aliphatic heterocycles. The van der Waals surface area contributed by atoms with Crippen molar-refractivity contribution in [3.05, 3.63) is 59.5 Å². The summed E-state index contributed by atoms with van der Waals surface area (Å²) in [4.78, 5) is 12.6. The van der Waals surface area contributed by atoms with Crippen LogP contribution in [0, 0.1) is 25.2 Å². The van der Waals surface area contributed by atoms with Crippen LogP contribution in [-0.2, 0) is 4.74 Å². The van der Waals surface area contributed by atoms with E-state index in [1.165, 1.54) is 0 Å². The minimum absolute atomic E-state index is 0.0715. The Morgan fingerprint density at radius 3 is 2.83 bits per heavy atom. The number of aromatic nitrogens is 5. The van der Waals surface area contributed by atoms with Gasteiger partial charge < -0.3 is 14.8 Å². The Kier molecular flexibility index (Phi) is 5.01. The monoisotopic (exact) mass is 464 g/mol. The van der Waals surface area contributed by atoms with Crippen LogP contribution in [0.5, 0.6) is 5.75 Å². The molecule has 1 atom stereocenters. The van der Waals surface area contributed by atoms with E-state index in [0.29, 0.717) is 16.8 Å². The van der Waals surface area contributed by atoms with E-state index in [0.717, 1.165) is 70.2 Å². The van der Waals surface area contributed by atoms with Gasteiger partial charge in [0.15, 0.2) is 11.9 Å². The Morgan fingerprint density at radius 1 is 1.14 bits per heavy atom. The predicted octanol–water partition coefficient (Wildman–Crippen LogP) is 5.53. The van der Waals surface area contributed by atoms with Crippen LogP contribution in [-0.4, -0.2) is 36.4 Å². The number of nitriles is 1. The molecule has 0 amide bonds. The van der Waals surface area contributed by atoms with Crippen molar-refractivity contribution < 1.29 is 9.84 Å². The van der Waals surface area contributed by atoms with Gasteiger partial charge in [0.25, 0.3) is 0 Å². The number of phenols is 1. The highest BCUT2D eigenvalue weighted by molar-refractivity contribution is 5.95. The molecule has 4 aromatic heterocycles. The molecule has 5 aromatic rings. The molecule has 35 heavy (non-hydrogen) atoms. The van der Waals surface area contributed by atoms with E-state index in [1.807, 2.05) is 49.1 Å². The molecule has 1 unspecified atom stereocenters. The van der Waals surface area contributed by atoms with Crippen LogP contribution in [0.3, 0.4) is 0 Å². The maximum Gasteiger partial charge on any atom is 0.160 e. The second-order valence-corrected chi connectivity index (χ2v) is 9.05. The van der Waals surface area contributed by atoms with Gasteiger partial charge >= 0.3 is 0 Å². The first kappa shape index (κ1) is 21.3. The Labute approximate surface area is 201 Å². The number of fused-ring (bicyclic) bond motifs is 2. The van der Waals surface area contributed by atoms with E-state index in [-0.39, 0.29) is 12.0 Å². The van der Waals surface area contributed by atoms with E-state index in [2.05, 4.69) is 21.1 Å². The lowest BCUT2D eigenvalue weighted by Crippen LogP contribution is -2.19. The first-order chi connectivity index (χ1) is 17.0. The van der Waals surface area contributed by atoms with Crippen molar-refractivity contribution in [1.82, 2.24) is 24.7 Å². The van der Waals surface area contributed by atoms with Crippen LogP contribution >= 0.6 is 0 Å². The van der Waals surface area contributed by atoms with Crippen LogP contribution in [0.15, 0.2) is 42.9 Å². The second kappa shape index (κ2) is 8.22. The smallest absolute Gasteiger partial charge is 0.160 e. The molecule has 0 saturated carbocycles. The van der Waals surface area contributed by atoms with Gasteiger partial charge in [-0.15, -0.1) is 0 Å². The quantitative estimate of drug-likeness (QED) is 0.363. The number of benzene rings is 1. The van der Waals surface area contributed by atoms with Crippen molar-refractivity contribution in [1.29, 1.82) is 5.26 Å². The highest BCUT2D eigenvalue weighted by Crippen LogP contribution is 2.37. The molecule has 8 heteroatoms. The number of hydrogen-bond acceptors (Lipinski definition) is 6. The average molecular weight is 465 g/mol. The van der Waals surface area contributed by atoms with E-state index in [1.54, 1.807) is 12.3 Å². The summed E-state index contributed by atoms with van der Waals surface area (Å²) in [6.07, 6.45) is 8.39. The minimum Gasteiger partial charge on any atom is -0.508 e. The van der Waals surface area contributed by atoms with Gasteiger partial charge in [-0.3, -0.25) is 0 Å². The molecule has 0 aliphatic carbocycles. The van der Waals surface area contributed by atoms with E-state index in [4.69, 9.17) is 9.72 Å². The molecule has 1 saturated heterocycles. The third-order valence-corrected chi connectivity index (χ3v) is 6.86. The fourth-order valence-electron chi connectivity index (χ4n) is 5.01. The van der Waals surface area contributed by atoms with Crippen molar-refractivity contribution >= 4 is 22.1 Å². The number of nitrogens with one attached hydrogen (secondary N) is 1.